The van der Waals surface area contributed by atoms with E-state index in [1.54, 1.807) is 0 Å². The molecule has 122 valence electrons. The third-order valence-electron chi connectivity index (χ3n) is 5.75. The Bertz CT molecular complexity index is 349. The Balaban J connectivity index is 1.66. The van der Waals surface area contributed by atoms with Crippen LogP contribution in [0.25, 0.3) is 0 Å². The molecule has 0 radical (unpaired) electrons. The molecule has 3 aliphatic rings. The summed E-state index contributed by atoms with van der Waals surface area (Å²) in [5.74, 6) is 0.512. The predicted octanol–water partition coefficient (Wildman–Crippen LogP) is 1.01. The summed E-state index contributed by atoms with van der Waals surface area (Å²) < 4.78 is 17.1. The van der Waals surface area contributed by atoms with Crippen molar-refractivity contribution in [2.75, 3.05) is 46.1 Å². The van der Waals surface area contributed by atoms with Crippen molar-refractivity contribution in [1.82, 2.24) is 4.90 Å². The minimum Gasteiger partial charge on any atom is -0.379 e. The van der Waals surface area contributed by atoms with Gasteiger partial charge in [0.2, 0.25) is 0 Å². The van der Waals surface area contributed by atoms with Crippen LogP contribution in [0.5, 0.6) is 0 Å². The molecule has 5 heteroatoms. The Labute approximate surface area is 128 Å². The largest absolute Gasteiger partial charge is 0.379 e. The summed E-state index contributed by atoms with van der Waals surface area (Å²) >= 11 is 0. The molecule has 3 saturated heterocycles. The Morgan fingerprint density at radius 3 is 2.57 bits per heavy atom. The van der Waals surface area contributed by atoms with Crippen LogP contribution in [0.2, 0.25) is 0 Å². The standard InChI is InChI=1S/C16H30N2O3/c1-15(2,18-5-9-19-10-6-18)14(17)13-3-7-21-16(11-13)4-8-20-12-16/h13-14H,3-12,17H2,1-2H3. The number of ether oxygens (including phenoxy) is 3. The highest BCUT2D eigenvalue weighted by molar-refractivity contribution is 5.00. The van der Waals surface area contributed by atoms with E-state index in [9.17, 15) is 0 Å². The molecule has 0 aromatic carbocycles. The van der Waals surface area contributed by atoms with E-state index in [2.05, 4.69) is 18.7 Å². The molecule has 0 bridgehead atoms. The van der Waals surface area contributed by atoms with E-state index >= 15 is 0 Å². The van der Waals surface area contributed by atoms with Crippen LogP contribution in [-0.4, -0.2) is 68.2 Å². The molecule has 21 heavy (non-hydrogen) atoms. The Morgan fingerprint density at radius 1 is 1.14 bits per heavy atom. The van der Waals surface area contributed by atoms with Crippen molar-refractivity contribution in [3.05, 3.63) is 0 Å². The molecule has 0 aromatic heterocycles. The van der Waals surface area contributed by atoms with Crippen LogP contribution in [0.15, 0.2) is 0 Å². The fourth-order valence-corrected chi connectivity index (χ4v) is 4.16. The van der Waals surface area contributed by atoms with Crippen molar-refractivity contribution in [3.8, 4) is 0 Å². The van der Waals surface area contributed by atoms with Crippen molar-refractivity contribution in [1.29, 1.82) is 0 Å². The molecule has 3 rings (SSSR count). The van der Waals surface area contributed by atoms with Gasteiger partial charge in [-0.1, -0.05) is 0 Å². The molecule has 3 heterocycles. The number of nitrogens with zero attached hydrogens (tertiary/aromatic N) is 1. The summed E-state index contributed by atoms with van der Waals surface area (Å²) in [5.41, 5.74) is 6.68. The first kappa shape index (κ1) is 15.7. The van der Waals surface area contributed by atoms with Crippen molar-refractivity contribution >= 4 is 0 Å². The normalized spacial score (nSPS) is 37.0. The number of hydrogen-bond acceptors (Lipinski definition) is 5. The van der Waals surface area contributed by atoms with E-state index < -0.39 is 0 Å². The maximum Gasteiger partial charge on any atom is 0.0939 e. The highest BCUT2D eigenvalue weighted by Crippen LogP contribution is 2.39. The van der Waals surface area contributed by atoms with Gasteiger partial charge in [0, 0.05) is 44.3 Å². The SMILES string of the molecule is CC(C)(C(N)C1CCOC2(CCOC2)C1)N1CCOCC1. The van der Waals surface area contributed by atoms with Gasteiger partial charge in [-0.3, -0.25) is 4.90 Å². The summed E-state index contributed by atoms with van der Waals surface area (Å²) in [6, 6.07) is 0.164. The number of nitrogens with two attached hydrogens (primary N) is 1. The monoisotopic (exact) mass is 298 g/mol. The van der Waals surface area contributed by atoms with Gasteiger partial charge in [-0.25, -0.2) is 0 Å². The first-order chi connectivity index (χ1) is 10.0. The van der Waals surface area contributed by atoms with Gasteiger partial charge in [0.1, 0.15) is 0 Å². The van der Waals surface area contributed by atoms with E-state index in [-0.39, 0.29) is 17.2 Å². The molecule has 3 atom stereocenters. The average Bonchev–Trinajstić information content (AvgIpc) is 2.95. The second kappa shape index (κ2) is 6.13. The molecule has 0 aliphatic carbocycles. The predicted molar refractivity (Wildman–Crippen MR) is 81.3 cm³/mol. The van der Waals surface area contributed by atoms with Crippen LogP contribution in [-0.2, 0) is 14.2 Å². The second-order valence-corrected chi connectivity index (χ2v) is 7.37. The smallest absolute Gasteiger partial charge is 0.0939 e. The third kappa shape index (κ3) is 3.13. The van der Waals surface area contributed by atoms with Crippen LogP contribution in [0.4, 0.5) is 0 Å². The van der Waals surface area contributed by atoms with Gasteiger partial charge in [-0.05, 0) is 32.6 Å². The van der Waals surface area contributed by atoms with Gasteiger partial charge in [0.15, 0.2) is 0 Å². The van der Waals surface area contributed by atoms with Gasteiger partial charge in [-0.15, -0.1) is 0 Å². The highest BCUT2D eigenvalue weighted by atomic mass is 16.6. The fraction of sp³-hybridized carbons (Fsp3) is 1.00. The van der Waals surface area contributed by atoms with Gasteiger partial charge < -0.3 is 19.9 Å². The minimum absolute atomic E-state index is 0.00639. The molecule has 0 aromatic rings. The molecule has 3 unspecified atom stereocenters. The molecular weight excluding hydrogens is 268 g/mol. The molecule has 0 saturated carbocycles. The summed E-state index contributed by atoms with van der Waals surface area (Å²) in [6.07, 6.45) is 3.13. The van der Waals surface area contributed by atoms with E-state index in [4.69, 9.17) is 19.9 Å². The Hall–Kier alpha value is -0.200. The Kier molecular flexibility index (Phi) is 4.58. The molecule has 5 nitrogen and oxygen atoms in total. The van der Waals surface area contributed by atoms with Gasteiger partial charge >= 0.3 is 0 Å². The topological polar surface area (TPSA) is 57.0 Å². The molecular formula is C16H30N2O3. The van der Waals surface area contributed by atoms with Gasteiger partial charge in [0.25, 0.3) is 0 Å². The first-order valence-corrected chi connectivity index (χ1v) is 8.34. The maximum absolute atomic E-state index is 6.73. The van der Waals surface area contributed by atoms with Gasteiger partial charge in [-0.2, -0.15) is 0 Å². The summed E-state index contributed by atoms with van der Waals surface area (Å²) in [6.45, 7) is 10.6. The summed E-state index contributed by atoms with van der Waals surface area (Å²) in [5, 5.41) is 0. The Morgan fingerprint density at radius 2 is 1.90 bits per heavy atom. The number of rotatable bonds is 3. The quantitative estimate of drug-likeness (QED) is 0.843. The summed E-state index contributed by atoms with van der Waals surface area (Å²) in [4.78, 5) is 2.49. The van der Waals surface area contributed by atoms with Crippen LogP contribution < -0.4 is 5.73 Å². The van der Waals surface area contributed by atoms with Crippen LogP contribution in [0, 0.1) is 5.92 Å². The third-order valence-corrected chi connectivity index (χ3v) is 5.75. The van der Waals surface area contributed by atoms with E-state index in [1.807, 2.05) is 0 Å². The van der Waals surface area contributed by atoms with Crippen molar-refractivity contribution < 1.29 is 14.2 Å². The molecule has 3 aliphatic heterocycles. The van der Waals surface area contributed by atoms with Crippen molar-refractivity contribution in [2.24, 2.45) is 11.7 Å². The number of hydrogen-bond donors (Lipinski definition) is 1. The lowest BCUT2D eigenvalue weighted by atomic mass is 9.74. The number of morpholine rings is 1. The van der Waals surface area contributed by atoms with Crippen LogP contribution in [0.3, 0.4) is 0 Å². The molecule has 0 amide bonds. The van der Waals surface area contributed by atoms with E-state index in [0.717, 1.165) is 65.4 Å². The maximum atomic E-state index is 6.73. The lowest BCUT2D eigenvalue weighted by molar-refractivity contribution is -0.111. The second-order valence-electron chi connectivity index (χ2n) is 7.37. The van der Waals surface area contributed by atoms with Crippen molar-refractivity contribution in [2.45, 2.75) is 50.3 Å². The van der Waals surface area contributed by atoms with E-state index in [0.29, 0.717) is 5.92 Å². The average molecular weight is 298 g/mol. The zero-order chi connectivity index (χ0) is 14.9. The lowest BCUT2D eigenvalue weighted by Crippen LogP contribution is -2.62. The first-order valence-electron chi connectivity index (χ1n) is 8.34. The van der Waals surface area contributed by atoms with Gasteiger partial charge in [0.05, 0.1) is 25.4 Å². The lowest BCUT2D eigenvalue weighted by Gasteiger charge is -2.49. The molecule has 3 fully saturated rings. The summed E-state index contributed by atoms with van der Waals surface area (Å²) in [7, 11) is 0. The highest BCUT2D eigenvalue weighted by Gasteiger charge is 2.46. The zero-order valence-electron chi connectivity index (χ0n) is 13.5. The molecule has 1 spiro atoms. The minimum atomic E-state index is -0.0539. The molecule has 2 N–H and O–H groups in total. The van der Waals surface area contributed by atoms with Crippen LogP contribution >= 0.6 is 0 Å². The fourth-order valence-electron chi connectivity index (χ4n) is 4.16. The van der Waals surface area contributed by atoms with Crippen LogP contribution in [0.1, 0.15) is 33.1 Å². The zero-order valence-corrected chi connectivity index (χ0v) is 13.5. The van der Waals surface area contributed by atoms with Crippen molar-refractivity contribution in [3.63, 3.8) is 0 Å². The van der Waals surface area contributed by atoms with E-state index in [1.165, 1.54) is 0 Å².